The van der Waals surface area contributed by atoms with Gasteiger partial charge in [0.1, 0.15) is 5.69 Å². The molecule has 1 atom stereocenters. The van der Waals surface area contributed by atoms with E-state index in [0.29, 0.717) is 12.8 Å². The van der Waals surface area contributed by atoms with Crippen LogP contribution in [0.3, 0.4) is 0 Å². The summed E-state index contributed by atoms with van der Waals surface area (Å²) >= 11 is 0. The lowest BCUT2D eigenvalue weighted by atomic mass is 10.1. The molecule has 0 spiro atoms. The van der Waals surface area contributed by atoms with E-state index in [-0.39, 0.29) is 0 Å². The fraction of sp³-hybridized carbons (Fsp3) is 0.417. The van der Waals surface area contributed by atoms with Crippen LogP contribution in [0.4, 0.5) is 27.6 Å². The van der Waals surface area contributed by atoms with Crippen molar-refractivity contribution in [2.75, 3.05) is 5.32 Å². The van der Waals surface area contributed by atoms with Gasteiger partial charge in [0.15, 0.2) is 23.3 Å². The van der Waals surface area contributed by atoms with Gasteiger partial charge in [0.05, 0.1) is 0 Å². The minimum Gasteiger partial charge on any atom is -0.321 e. The van der Waals surface area contributed by atoms with E-state index in [9.17, 15) is 26.7 Å². The van der Waals surface area contributed by atoms with Crippen molar-refractivity contribution in [2.45, 2.75) is 26.7 Å². The number of carbonyl (C=O) groups excluding carboxylic acids is 1. The number of rotatable bonds is 4. The normalized spacial score (nSPS) is 12.4. The molecule has 0 aliphatic carbocycles. The summed E-state index contributed by atoms with van der Waals surface area (Å²) in [6.45, 7) is 3.28. The quantitative estimate of drug-likeness (QED) is 0.508. The Labute approximate surface area is 106 Å². The Morgan fingerprint density at radius 1 is 1.00 bits per heavy atom. The molecule has 0 aromatic heterocycles. The first-order valence-electron chi connectivity index (χ1n) is 5.63. The van der Waals surface area contributed by atoms with E-state index in [1.807, 2.05) is 0 Å². The highest BCUT2D eigenvalue weighted by Crippen LogP contribution is 2.27. The number of nitrogens with one attached hydrogen (secondary N) is 1. The van der Waals surface area contributed by atoms with Crippen molar-refractivity contribution in [1.82, 2.24) is 0 Å². The van der Waals surface area contributed by atoms with Crippen LogP contribution in [0.5, 0.6) is 0 Å². The molecule has 1 rings (SSSR count). The van der Waals surface area contributed by atoms with Gasteiger partial charge in [0.2, 0.25) is 11.7 Å². The van der Waals surface area contributed by atoms with Crippen molar-refractivity contribution >= 4 is 11.6 Å². The van der Waals surface area contributed by atoms with Gasteiger partial charge in [-0.3, -0.25) is 4.79 Å². The number of halogens is 5. The monoisotopic (exact) mass is 281 g/mol. The molecule has 0 aliphatic rings. The summed E-state index contributed by atoms with van der Waals surface area (Å²) in [5.74, 6) is -11.9. The van der Waals surface area contributed by atoms with Crippen LogP contribution in [0.15, 0.2) is 0 Å². The van der Waals surface area contributed by atoms with Crippen LogP contribution in [-0.4, -0.2) is 5.91 Å². The van der Waals surface area contributed by atoms with Gasteiger partial charge in [0.25, 0.3) is 0 Å². The summed E-state index contributed by atoms with van der Waals surface area (Å²) in [4.78, 5) is 11.5. The summed E-state index contributed by atoms with van der Waals surface area (Å²) in [5, 5.41) is 1.74. The van der Waals surface area contributed by atoms with Gasteiger partial charge >= 0.3 is 0 Å². The molecule has 2 nitrogen and oxygen atoms in total. The van der Waals surface area contributed by atoms with E-state index in [2.05, 4.69) is 0 Å². The SMILES string of the molecule is CCCC(C)C(=O)Nc1c(F)c(F)c(F)c(F)c1F. The summed E-state index contributed by atoms with van der Waals surface area (Å²) in [6.07, 6.45) is 1.08. The van der Waals surface area contributed by atoms with Crippen molar-refractivity contribution in [3.05, 3.63) is 29.1 Å². The third kappa shape index (κ3) is 3.02. The Balaban J connectivity index is 3.12. The average molecular weight is 281 g/mol. The summed E-state index contributed by atoms with van der Waals surface area (Å²) in [7, 11) is 0. The molecule has 0 radical (unpaired) electrons. The number of hydrogen-bond acceptors (Lipinski definition) is 1. The van der Waals surface area contributed by atoms with Gasteiger partial charge in [-0.25, -0.2) is 22.0 Å². The maximum atomic E-state index is 13.3. The molecule has 0 heterocycles. The van der Waals surface area contributed by atoms with Crippen LogP contribution in [0.2, 0.25) is 0 Å². The van der Waals surface area contributed by atoms with Crippen molar-refractivity contribution in [3.8, 4) is 0 Å². The van der Waals surface area contributed by atoms with Crippen molar-refractivity contribution in [2.24, 2.45) is 5.92 Å². The number of carbonyl (C=O) groups is 1. The molecule has 1 amide bonds. The first-order chi connectivity index (χ1) is 8.81. The number of hydrogen-bond donors (Lipinski definition) is 1. The van der Waals surface area contributed by atoms with Crippen LogP contribution in [0.25, 0.3) is 0 Å². The Kier molecular flexibility index (Phi) is 4.85. The average Bonchev–Trinajstić information content (AvgIpc) is 2.39. The van der Waals surface area contributed by atoms with Crippen molar-refractivity contribution in [1.29, 1.82) is 0 Å². The first-order valence-corrected chi connectivity index (χ1v) is 5.63. The van der Waals surface area contributed by atoms with Crippen LogP contribution in [0, 0.1) is 35.0 Å². The molecule has 0 saturated carbocycles. The van der Waals surface area contributed by atoms with Gasteiger partial charge in [-0.2, -0.15) is 0 Å². The zero-order valence-corrected chi connectivity index (χ0v) is 10.3. The zero-order chi connectivity index (χ0) is 14.7. The number of anilines is 1. The van der Waals surface area contributed by atoms with E-state index < -0.39 is 46.6 Å². The Bertz CT molecular complexity index is 474. The third-order valence-electron chi connectivity index (χ3n) is 2.63. The van der Waals surface area contributed by atoms with Crippen molar-refractivity contribution < 1.29 is 26.7 Å². The van der Waals surface area contributed by atoms with E-state index in [1.54, 1.807) is 12.2 Å². The molecule has 0 fully saturated rings. The molecule has 1 aromatic rings. The number of amides is 1. The molecule has 1 aromatic carbocycles. The second-order valence-corrected chi connectivity index (χ2v) is 4.12. The molecule has 1 N–H and O–H groups in total. The Morgan fingerprint density at radius 2 is 1.42 bits per heavy atom. The van der Waals surface area contributed by atoms with E-state index in [1.165, 1.54) is 6.92 Å². The molecule has 0 aliphatic heterocycles. The van der Waals surface area contributed by atoms with Gasteiger partial charge in [-0.1, -0.05) is 20.3 Å². The second kappa shape index (κ2) is 5.99. The third-order valence-corrected chi connectivity index (χ3v) is 2.63. The maximum Gasteiger partial charge on any atom is 0.227 e. The van der Waals surface area contributed by atoms with Gasteiger partial charge in [-0.05, 0) is 6.42 Å². The summed E-state index contributed by atoms with van der Waals surface area (Å²) in [6, 6.07) is 0. The van der Waals surface area contributed by atoms with Crippen LogP contribution in [0.1, 0.15) is 26.7 Å². The van der Waals surface area contributed by atoms with Crippen LogP contribution in [-0.2, 0) is 4.79 Å². The predicted octanol–water partition coefficient (Wildman–Crippen LogP) is 3.76. The largest absolute Gasteiger partial charge is 0.321 e. The van der Waals surface area contributed by atoms with E-state index in [0.717, 1.165) is 0 Å². The standard InChI is InChI=1S/C12H12F5NO/c1-3-4-5(2)12(19)18-11-9(16)7(14)6(13)8(15)10(11)17/h5H,3-4H2,1-2H3,(H,18,19). The Morgan fingerprint density at radius 3 is 1.84 bits per heavy atom. The minimum absolute atomic E-state index is 0.432. The predicted molar refractivity (Wildman–Crippen MR) is 58.9 cm³/mol. The lowest BCUT2D eigenvalue weighted by molar-refractivity contribution is -0.119. The lowest BCUT2D eigenvalue weighted by Crippen LogP contribution is -2.22. The molecule has 0 bridgehead atoms. The molecule has 0 saturated heterocycles. The van der Waals surface area contributed by atoms with Gasteiger partial charge in [0, 0.05) is 5.92 Å². The molecule has 106 valence electrons. The Hall–Kier alpha value is -1.66. The topological polar surface area (TPSA) is 29.1 Å². The van der Waals surface area contributed by atoms with E-state index in [4.69, 9.17) is 0 Å². The fourth-order valence-corrected chi connectivity index (χ4v) is 1.53. The highest BCUT2D eigenvalue weighted by molar-refractivity contribution is 5.92. The van der Waals surface area contributed by atoms with Crippen LogP contribution >= 0.6 is 0 Å². The number of benzene rings is 1. The van der Waals surface area contributed by atoms with Crippen LogP contribution < -0.4 is 5.32 Å². The summed E-state index contributed by atoms with van der Waals surface area (Å²) < 4.78 is 65.1. The smallest absolute Gasteiger partial charge is 0.227 e. The van der Waals surface area contributed by atoms with Gasteiger partial charge in [-0.15, -0.1) is 0 Å². The highest BCUT2D eigenvalue weighted by atomic mass is 19.2. The maximum absolute atomic E-state index is 13.3. The molecule has 19 heavy (non-hydrogen) atoms. The molecular weight excluding hydrogens is 269 g/mol. The lowest BCUT2D eigenvalue weighted by Gasteiger charge is -2.13. The minimum atomic E-state index is -2.25. The van der Waals surface area contributed by atoms with Crippen molar-refractivity contribution in [3.63, 3.8) is 0 Å². The first kappa shape index (κ1) is 15.4. The zero-order valence-electron chi connectivity index (χ0n) is 10.3. The second-order valence-electron chi connectivity index (χ2n) is 4.12. The van der Waals surface area contributed by atoms with E-state index >= 15 is 0 Å². The fourth-order valence-electron chi connectivity index (χ4n) is 1.53. The highest BCUT2D eigenvalue weighted by Gasteiger charge is 2.27. The molecular formula is C12H12F5NO. The van der Waals surface area contributed by atoms with Gasteiger partial charge < -0.3 is 5.32 Å². The summed E-state index contributed by atoms with van der Waals surface area (Å²) in [5.41, 5.74) is -1.32. The molecule has 1 unspecified atom stereocenters. The molecule has 7 heteroatoms.